The van der Waals surface area contributed by atoms with Crippen LogP contribution in [0.2, 0.25) is 5.82 Å². The molecule has 2 nitrogen and oxygen atoms in total. The van der Waals surface area contributed by atoms with Crippen molar-refractivity contribution in [1.29, 1.82) is 0 Å². The largest absolute Gasteiger partial charge is 0.339 e. The third-order valence-corrected chi connectivity index (χ3v) is 17.1. The Bertz CT molecular complexity index is 3270. The molecule has 7 aliphatic rings. The molecule has 0 radical (unpaired) electrons. The highest BCUT2D eigenvalue weighted by atomic mass is 15.2. The van der Waals surface area contributed by atoms with E-state index in [-0.39, 0.29) is 29.9 Å². The minimum absolute atomic E-state index is 0.169. The van der Waals surface area contributed by atoms with Gasteiger partial charge in [0.25, 0.3) is 0 Å². The Morgan fingerprint density at radius 3 is 2.04 bits per heavy atom. The van der Waals surface area contributed by atoms with Crippen LogP contribution >= 0.6 is 0 Å². The van der Waals surface area contributed by atoms with Crippen LogP contribution in [0.25, 0.3) is 22.3 Å². The highest BCUT2D eigenvalue weighted by Crippen LogP contribution is 2.58. The van der Waals surface area contributed by atoms with Crippen LogP contribution in [-0.2, 0) is 5.41 Å². The van der Waals surface area contributed by atoms with E-state index < -0.39 is 0 Å². The highest BCUT2D eigenvalue weighted by Gasteiger charge is 2.55. The van der Waals surface area contributed by atoms with Crippen LogP contribution in [0, 0.1) is 5.92 Å². The first-order valence-electron chi connectivity index (χ1n) is 26.4. The van der Waals surface area contributed by atoms with Crippen molar-refractivity contribution in [3.05, 3.63) is 281 Å². The van der Waals surface area contributed by atoms with Crippen LogP contribution in [0.3, 0.4) is 0 Å². The van der Waals surface area contributed by atoms with Gasteiger partial charge in [-0.25, -0.2) is 0 Å². The van der Waals surface area contributed by atoms with E-state index >= 15 is 0 Å². The summed E-state index contributed by atoms with van der Waals surface area (Å²) in [6.45, 7) is 2.73. The molecular weight excluding hydrogens is 856 g/mol. The number of fused-ring (bicyclic) bond motifs is 4. The maximum Gasteiger partial charge on any atom is 0.226 e. The maximum absolute atomic E-state index is 2.87. The fourth-order valence-electron chi connectivity index (χ4n) is 13.5. The molecule has 3 heteroatoms. The summed E-state index contributed by atoms with van der Waals surface area (Å²) in [5.74, 6) is 0.777. The Labute approximate surface area is 421 Å². The molecule has 0 amide bonds. The van der Waals surface area contributed by atoms with Gasteiger partial charge in [0, 0.05) is 45.8 Å². The van der Waals surface area contributed by atoms with Gasteiger partial charge in [-0.3, -0.25) is 0 Å². The molecule has 6 aromatic carbocycles. The van der Waals surface area contributed by atoms with Crippen LogP contribution in [-0.4, -0.2) is 17.7 Å². The molecule has 0 aromatic heterocycles. The third-order valence-electron chi connectivity index (χ3n) is 17.1. The minimum atomic E-state index is -0.280. The van der Waals surface area contributed by atoms with E-state index in [0.717, 1.165) is 51.4 Å². The topological polar surface area (TPSA) is 6.48 Å². The zero-order valence-electron chi connectivity index (χ0n) is 40.9. The van der Waals surface area contributed by atoms with E-state index in [1.807, 2.05) is 0 Å². The van der Waals surface area contributed by atoms with Crippen molar-refractivity contribution in [2.45, 2.75) is 81.5 Å². The number of benzene rings is 6. The van der Waals surface area contributed by atoms with Gasteiger partial charge in [0.1, 0.15) is 0 Å². The Balaban J connectivity index is 1.07. The van der Waals surface area contributed by atoms with E-state index in [0.29, 0.717) is 5.92 Å². The van der Waals surface area contributed by atoms with Crippen LogP contribution in [0.5, 0.6) is 0 Å². The van der Waals surface area contributed by atoms with E-state index in [1.54, 1.807) is 0 Å². The summed E-state index contributed by atoms with van der Waals surface area (Å²) >= 11 is 0. The van der Waals surface area contributed by atoms with Gasteiger partial charge in [0.2, 0.25) is 6.71 Å². The summed E-state index contributed by atoms with van der Waals surface area (Å²) in [6.07, 6.45) is 35.8. The van der Waals surface area contributed by atoms with Gasteiger partial charge in [-0.1, -0.05) is 213 Å². The van der Waals surface area contributed by atoms with E-state index in [2.05, 4.69) is 247 Å². The standard InChI is InChI=1S/C68H61BN2/c1-68(56-28-16-6-17-29-56,57-30-18-7-19-31-57)58-46-65-67-66(47-58)71(60-40-34-53(35-41-60)49-22-10-3-11-23-49)64-43-37-55(51-26-14-5-15-27-51)45-62(64)69(67)61-44-54(50-24-12-4-13-25-50)36-42-63(61)70(65)59-38-32-52(33-39-59)48-20-8-2-9-21-48/h2-6,8-14,16-18,20-26,28-32,34-35,37-41,43-46,52,58,61,63H,7,15,19,27,33,36,42,47H2,1H3. The zero-order chi connectivity index (χ0) is 47.3. The average molecular weight is 917 g/mol. The number of allylic oxidation sites excluding steroid dienone is 15. The van der Waals surface area contributed by atoms with Crippen molar-refractivity contribution in [3.63, 3.8) is 0 Å². The Hall–Kier alpha value is -7.36. The number of nitrogens with zero attached hydrogens (tertiary/aromatic N) is 2. The fourth-order valence-corrected chi connectivity index (χ4v) is 13.5. The van der Waals surface area contributed by atoms with Crippen molar-refractivity contribution in [2.75, 3.05) is 4.90 Å². The molecule has 1 saturated heterocycles. The summed E-state index contributed by atoms with van der Waals surface area (Å²) in [7, 11) is 0. The predicted molar refractivity (Wildman–Crippen MR) is 300 cm³/mol. The fraction of sp³-hybridized carbons (Fsp3) is 0.206. The average Bonchev–Trinajstić information content (AvgIpc) is 3.46. The Morgan fingerprint density at radius 2 is 1.34 bits per heavy atom. The normalized spacial score (nSPS) is 23.1. The predicted octanol–water partition coefficient (Wildman–Crippen LogP) is 16.4. The lowest BCUT2D eigenvalue weighted by molar-refractivity contribution is 0.284. The molecule has 13 rings (SSSR count). The summed E-state index contributed by atoms with van der Waals surface area (Å²) < 4.78 is 0. The Kier molecular flexibility index (Phi) is 11.3. The maximum atomic E-state index is 2.87. The zero-order valence-corrected chi connectivity index (χ0v) is 40.9. The highest BCUT2D eigenvalue weighted by molar-refractivity contribution is 6.85. The number of hydrogen-bond donors (Lipinski definition) is 0. The lowest BCUT2D eigenvalue weighted by Gasteiger charge is -2.56. The van der Waals surface area contributed by atoms with Crippen molar-refractivity contribution in [2.24, 2.45) is 5.92 Å². The first kappa shape index (κ1) is 43.6. The molecule has 1 fully saturated rings. The van der Waals surface area contributed by atoms with E-state index in [9.17, 15) is 0 Å². The van der Waals surface area contributed by atoms with Crippen LogP contribution in [0.15, 0.2) is 259 Å². The van der Waals surface area contributed by atoms with E-state index in [4.69, 9.17) is 0 Å². The molecule has 5 atom stereocenters. The van der Waals surface area contributed by atoms with Crippen molar-refractivity contribution in [1.82, 2.24) is 4.90 Å². The monoisotopic (exact) mass is 916 g/mol. The first-order chi connectivity index (χ1) is 35.1. The van der Waals surface area contributed by atoms with Gasteiger partial charge in [-0.15, -0.1) is 0 Å². The summed E-state index contributed by atoms with van der Waals surface area (Å²) in [5.41, 5.74) is 21.7. The van der Waals surface area contributed by atoms with Crippen molar-refractivity contribution in [3.8, 4) is 11.1 Å². The number of hydrogen-bond acceptors (Lipinski definition) is 2. The summed E-state index contributed by atoms with van der Waals surface area (Å²) in [4.78, 5) is 5.58. The first-order valence-corrected chi connectivity index (χ1v) is 26.4. The number of anilines is 2. The van der Waals surface area contributed by atoms with E-state index in [1.165, 1.54) is 89.5 Å². The quantitative estimate of drug-likeness (QED) is 0.133. The lowest BCUT2D eigenvalue weighted by Crippen LogP contribution is -2.59. The molecule has 71 heavy (non-hydrogen) atoms. The van der Waals surface area contributed by atoms with Crippen LogP contribution in [0.4, 0.5) is 11.4 Å². The molecule has 6 aromatic rings. The second-order valence-electron chi connectivity index (χ2n) is 20.9. The van der Waals surface area contributed by atoms with Crippen LogP contribution < -0.4 is 10.4 Å². The number of rotatable bonds is 9. The molecule has 2 aliphatic heterocycles. The molecule has 0 spiro atoms. The smallest absolute Gasteiger partial charge is 0.226 e. The van der Waals surface area contributed by atoms with Gasteiger partial charge < -0.3 is 9.80 Å². The molecular formula is C68H61BN2. The molecule has 5 unspecified atom stereocenters. The lowest BCUT2D eigenvalue weighted by atomic mass is 9.27. The van der Waals surface area contributed by atoms with Gasteiger partial charge in [-0.2, -0.15) is 0 Å². The summed E-state index contributed by atoms with van der Waals surface area (Å²) in [5, 5.41) is 0. The molecule has 5 aliphatic carbocycles. The van der Waals surface area contributed by atoms with Gasteiger partial charge in [-0.05, 0) is 148 Å². The third kappa shape index (κ3) is 7.73. The van der Waals surface area contributed by atoms with Crippen LogP contribution in [0.1, 0.15) is 86.5 Å². The molecule has 0 N–H and O–H groups in total. The SMILES string of the molecule is CC(C1=CCCC=C1)(c1ccccc1)C1C=C2C3=C(C1)N(c1ccc(-c4ccccc4)cc1)c1ccc(C4=CC=CCC4)cc1B3C1C=C(c3ccccc3)CCC1N2C1=CCC(c2ccccc2)C=C1. The van der Waals surface area contributed by atoms with Crippen molar-refractivity contribution < 1.29 is 0 Å². The second kappa shape index (κ2) is 18.4. The molecule has 346 valence electrons. The Morgan fingerprint density at radius 1 is 0.620 bits per heavy atom. The summed E-state index contributed by atoms with van der Waals surface area (Å²) in [6, 6.07) is 62.0. The molecule has 0 saturated carbocycles. The van der Waals surface area contributed by atoms with Gasteiger partial charge >= 0.3 is 0 Å². The van der Waals surface area contributed by atoms with Gasteiger partial charge in [0.15, 0.2) is 0 Å². The molecule has 2 heterocycles. The van der Waals surface area contributed by atoms with Gasteiger partial charge in [0.05, 0.1) is 0 Å². The van der Waals surface area contributed by atoms with Crippen molar-refractivity contribution >= 4 is 34.7 Å². The minimum Gasteiger partial charge on any atom is -0.339 e. The second-order valence-corrected chi connectivity index (χ2v) is 20.9. The molecule has 0 bridgehead atoms.